The highest BCUT2D eigenvalue weighted by atomic mass is 16.3. The predicted molar refractivity (Wildman–Crippen MR) is 217 cm³/mol. The minimum absolute atomic E-state index is 0.172. The third-order valence-corrected chi connectivity index (χ3v) is 10.6. The molecule has 0 radical (unpaired) electrons. The molecule has 10 rings (SSSR count). The van der Waals surface area contributed by atoms with E-state index in [9.17, 15) is 0 Å². The number of benzene rings is 7. The Hall–Kier alpha value is -6.13. The molecular weight excluding hydrogens is 637 g/mol. The monoisotopic (exact) mass is 677 g/mol. The van der Waals surface area contributed by atoms with Crippen LogP contribution in [-0.4, -0.2) is 9.55 Å². The van der Waals surface area contributed by atoms with Gasteiger partial charge in [0, 0.05) is 31.0 Å². The summed E-state index contributed by atoms with van der Waals surface area (Å²) in [5.41, 5.74) is 11.2. The fourth-order valence-electron chi connectivity index (χ4n) is 8.13. The average Bonchev–Trinajstić information content (AvgIpc) is 3.87. The number of para-hydroxylation sites is 1. The summed E-state index contributed by atoms with van der Waals surface area (Å²) in [5.74, 6) is 1.04. The van der Waals surface area contributed by atoms with Gasteiger partial charge in [-0.3, -0.25) is 4.57 Å². The van der Waals surface area contributed by atoms with E-state index in [1.54, 1.807) is 6.07 Å². The Morgan fingerprint density at radius 3 is 2.06 bits per heavy atom. The fourth-order valence-corrected chi connectivity index (χ4v) is 8.13. The zero-order chi connectivity index (χ0) is 37.7. The maximum Gasteiger partial charge on any atom is 0.149 e. The average molecular weight is 678 g/mol. The van der Waals surface area contributed by atoms with Crippen molar-refractivity contribution in [3.05, 3.63) is 144 Å². The van der Waals surface area contributed by atoms with Crippen LogP contribution in [0.1, 0.15) is 60.3 Å². The molecular formula is C48H38N2O2. The van der Waals surface area contributed by atoms with Gasteiger partial charge in [-0.1, -0.05) is 113 Å². The van der Waals surface area contributed by atoms with Crippen LogP contribution in [0.5, 0.6) is 0 Å². The van der Waals surface area contributed by atoms with Crippen LogP contribution in [0.25, 0.3) is 93.9 Å². The number of nitrogens with zero attached hydrogens (tertiary/aromatic N) is 2. The van der Waals surface area contributed by atoms with Crippen molar-refractivity contribution in [2.45, 2.75) is 46.4 Å². The van der Waals surface area contributed by atoms with Crippen LogP contribution < -0.4 is 0 Å². The highest BCUT2D eigenvalue weighted by molar-refractivity contribution is 6.17. The highest BCUT2D eigenvalue weighted by Crippen LogP contribution is 2.45. The zero-order valence-corrected chi connectivity index (χ0v) is 29.5. The molecule has 0 unspecified atom stereocenters. The van der Waals surface area contributed by atoms with E-state index in [4.69, 9.17) is 17.9 Å². The summed E-state index contributed by atoms with van der Waals surface area (Å²) in [4.78, 5) is 5.43. The Morgan fingerprint density at radius 1 is 0.596 bits per heavy atom. The molecule has 0 saturated heterocycles. The lowest BCUT2D eigenvalue weighted by Gasteiger charge is -2.24. The zero-order valence-electron chi connectivity index (χ0n) is 32.5. The van der Waals surface area contributed by atoms with Crippen molar-refractivity contribution in [1.82, 2.24) is 9.55 Å². The first-order valence-corrected chi connectivity index (χ1v) is 18.0. The summed E-state index contributed by atoms with van der Waals surface area (Å²) in [6, 6.07) is 43.3. The van der Waals surface area contributed by atoms with E-state index in [1.165, 1.54) is 22.3 Å². The Bertz CT molecular complexity index is 3120. The van der Waals surface area contributed by atoms with Crippen LogP contribution in [-0.2, 0) is 0 Å². The molecule has 0 N–H and O–H groups in total. The first kappa shape index (κ1) is 27.6. The minimum atomic E-state index is -2.39. The van der Waals surface area contributed by atoms with Gasteiger partial charge in [0.05, 0.1) is 22.3 Å². The van der Waals surface area contributed by atoms with Gasteiger partial charge < -0.3 is 8.83 Å². The topological polar surface area (TPSA) is 44.1 Å². The first-order chi connectivity index (χ1) is 26.6. The standard InChI is InChI=1S/C48H38N2O2/c1-27(2)36-23-32(30-13-7-6-8-14-30)24-37(28(3)4)45(36)50-46-33-16-10-9-15-31(33)20-22-40(46)49-48(50)35-21-19-29(5)44-39-26-42-38(25-43(39)52-47(35)44)34-17-11-12-18-41(34)51-42/h6-28H,1-5H3/i5D3. The third kappa shape index (κ3) is 4.50. The van der Waals surface area contributed by atoms with Gasteiger partial charge in [-0.05, 0) is 94.4 Å². The van der Waals surface area contributed by atoms with Crippen molar-refractivity contribution in [3.63, 3.8) is 0 Å². The minimum Gasteiger partial charge on any atom is -0.456 e. The lowest BCUT2D eigenvalue weighted by Crippen LogP contribution is -2.09. The van der Waals surface area contributed by atoms with Gasteiger partial charge in [0.2, 0.25) is 0 Å². The Kier molecular flexibility index (Phi) is 6.07. The number of rotatable bonds is 5. The molecule has 3 heterocycles. The molecule has 4 nitrogen and oxygen atoms in total. The van der Waals surface area contributed by atoms with E-state index in [1.807, 2.05) is 42.5 Å². The van der Waals surface area contributed by atoms with Crippen LogP contribution in [0.2, 0.25) is 0 Å². The van der Waals surface area contributed by atoms with E-state index < -0.39 is 6.85 Å². The van der Waals surface area contributed by atoms with Crippen LogP contribution in [0, 0.1) is 6.85 Å². The second-order valence-electron chi connectivity index (χ2n) is 14.5. The van der Waals surface area contributed by atoms with Crippen molar-refractivity contribution < 1.29 is 12.9 Å². The molecule has 0 saturated carbocycles. The molecule has 4 heteroatoms. The second-order valence-corrected chi connectivity index (χ2v) is 14.5. The van der Waals surface area contributed by atoms with Gasteiger partial charge in [-0.2, -0.15) is 0 Å². The molecule has 7 aromatic carbocycles. The summed E-state index contributed by atoms with van der Waals surface area (Å²) in [5, 5.41) is 5.34. The van der Waals surface area contributed by atoms with Gasteiger partial charge >= 0.3 is 0 Å². The molecule has 0 bridgehead atoms. The Labute approximate surface area is 306 Å². The van der Waals surface area contributed by atoms with E-state index >= 15 is 0 Å². The lowest BCUT2D eigenvalue weighted by molar-refractivity contribution is 0.664. The summed E-state index contributed by atoms with van der Waals surface area (Å²) >= 11 is 0. The number of imidazole rings is 1. The normalized spacial score (nSPS) is 13.4. The third-order valence-electron chi connectivity index (χ3n) is 10.6. The van der Waals surface area contributed by atoms with Crippen LogP contribution in [0.15, 0.2) is 136 Å². The summed E-state index contributed by atoms with van der Waals surface area (Å²) in [7, 11) is 0. The maximum atomic E-state index is 8.64. The van der Waals surface area contributed by atoms with Crippen molar-refractivity contribution >= 4 is 65.7 Å². The second kappa shape index (κ2) is 11.4. The van der Waals surface area contributed by atoms with Gasteiger partial charge in [-0.15, -0.1) is 0 Å². The van der Waals surface area contributed by atoms with Gasteiger partial charge in [0.25, 0.3) is 0 Å². The number of hydrogen-bond donors (Lipinski definition) is 0. The smallest absolute Gasteiger partial charge is 0.149 e. The van der Waals surface area contributed by atoms with E-state index in [0.29, 0.717) is 33.3 Å². The largest absolute Gasteiger partial charge is 0.456 e. The Balaban J connectivity index is 1.36. The maximum absolute atomic E-state index is 8.64. The van der Waals surface area contributed by atoms with Crippen molar-refractivity contribution in [2.24, 2.45) is 0 Å². The van der Waals surface area contributed by atoms with Crippen molar-refractivity contribution in [2.75, 3.05) is 0 Å². The molecule has 3 aromatic heterocycles. The Morgan fingerprint density at radius 2 is 1.29 bits per heavy atom. The highest BCUT2D eigenvalue weighted by Gasteiger charge is 2.27. The molecule has 0 fully saturated rings. The number of hydrogen-bond acceptors (Lipinski definition) is 3. The van der Waals surface area contributed by atoms with Crippen LogP contribution in [0.3, 0.4) is 0 Å². The lowest BCUT2D eigenvalue weighted by atomic mass is 9.88. The quantitative estimate of drug-likeness (QED) is 0.182. The molecule has 252 valence electrons. The summed E-state index contributed by atoms with van der Waals surface area (Å²) in [6.07, 6.45) is 0. The number of furan rings is 2. The first-order valence-electron chi connectivity index (χ1n) is 19.5. The number of aromatic nitrogens is 2. The van der Waals surface area contributed by atoms with E-state index in [2.05, 4.69) is 111 Å². The summed E-state index contributed by atoms with van der Waals surface area (Å²) in [6.45, 7) is 6.59. The van der Waals surface area contributed by atoms with Crippen molar-refractivity contribution in [3.8, 4) is 28.2 Å². The fraction of sp³-hybridized carbons (Fsp3) is 0.146. The van der Waals surface area contributed by atoms with Gasteiger partial charge in [0.1, 0.15) is 28.2 Å². The molecule has 0 aliphatic rings. The summed E-state index contributed by atoms with van der Waals surface area (Å²) < 4.78 is 41.4. The molecule has 0 aliphatic heterocycles. The number of fused-ring (bicyclic) bond motifs is 9. The van der Waals surface area contributed by atoms with Crippen molar-refractivity contribution in [1.29, 1.82) is 0 Å². The van der Waals surface area contributed by atoms with E-state index in [0.717, 1.165) is 49.4 Å². The SMILES string of the molecule is [2H]C([2H])([2H])c1ccc(-c2nc3ccc4ccccc4c3n2-c2c(C(C)C)cc(-c3ccccc3)cc2C(C)C)c2oc3cc4c(cc3c12)oc1ccccc14. The van der Waals surface area contributed by atoms with E-state index in [-0.39, 0.29) is 17.4 Å². The number of aryl methyl sites for hydroxylation is 1. The molecule has 0 atom stereocenters. The van der Waals surface area contributed by atoms with Gasteiger partial charge in [0.15, 0.2) is 0 Å². The molecule has 0 spiro atoms. The van der Waals surface area contributed by atoms with Crippen LogP contribution in [0.4, 0.5) is 0 Å². The molecule has 52 heavy (non-hydrogen) atoms. The molecule has 0 aliphatic carbocycles. The molecule has 0 amide bonds. The van der Waals surface area contributed by atoms with Gasteiger partial charge in [-0.25, -0.2) is 4.98 Å². The molecule has 10 aromatic rings. The van der Waals surface area contributed by atoms with Crippen LogP contribution >= 0.6 is 0 Å². The predicted octanol–water partition coefficient (Wildman–Crippen LogP) is 13.9.